The molecule has 0 aliphatic carbocycles. The van der Waals surface area contributed by atoms with E-state index in [2.05, 4.69) is 25.3 Å². The number of nitrogens with one attached hydrogen (secondary N) is 2. The molecule has 0 saturated heterocycles. The van der Waals surface area contributed by atoms with E-state index in [0.717, 1.165) is 0 Å². The van der Waals surface area contributed by atoms with E-state index < -0.39 is 5.60 Å². The molecule has 0 aliphatic rings. The Hall–Kier alpha value is -2.41. The van der Waals surface area contributed by atoms with Crippen LogP contribution in [0.2, 0.25) is 0 Å². The number of aromatic amines is 1. The van der Waals surface area contributed by atoms with Crippen molar-refractivity contribution in [2.75, 3.05) is 11.9 Å². The number of hydrogen-bond donors (Lipinski definition) is 3. The van der Waals surface area contributed by atoms with Crippen LogP contribution in [0.4, 0.5) is 5.82 Å². The molecular weight excluding hydrogens is 246 g/mol. The largest absolute Gasteiger partial charge is 0.466 e. The first-order chi connectivity index (χ1) is 9.17. The Morgan fingerprint density at radius 2 is 2.32 bits per heavy atom. The van der Waals surface area contributed by atoms with Gasteiger partial charge in [-0.1, -0.05) is 0 Å². The molecule has 0 fully saturated rings. The molecule has 0 bridgehead atoms. The summed E-state index contributed by atoms with van der Waals surface area (Å²) in [5.74, 6) is 1.09. The third-order valence-electron chi connectivity index (χ3n) is 2.88. The van der Waals surface area contributed by atoms with Crippen molar-refractivity contribution in [1.82, 2.24) is 19.9 Å². The van der Waals surface area contributed by atoms with Gasteiger partial charge in [-0.3, -0.25) is 0 Å². The van der Waals surface area contributed by atoms with Crippen LogP contribution in [-0.2, 0) is 5.60 Å². The summed E-state index contributed by atoms with van der Waals surface area (Å²) in [7, 11) is 0. The molecule has 3 heterocycles. The number of hydrogen-bond acceptors (Lipinski definition) is 6. The molecule has 0 amide bonds. The molecule has 0 saturated carbocycles. The van der Waals surface area contributed by atoms with E-state index in [9.17, 15) is 5.11 Å². The molecule has 1 unspecified atom stereocenters. The Labute approximate surface area is 108 Å². The molecule has 0 aliphatic heterocycles. The van der Waals surface area contributed by atoms with Crippen LogP contribution in [-0.4, -0.2) is 31.6 Å². The summed E-state index contributed by atoms with van der Waals surface area (Å²) >= 11 is 0. The highest BCUT2D eigenvalue weighted by atomic mass is 16.4. The second-order valence-electron chi connectivity index (χ2n) is 4.43. The van der Waals surface area contributed by atoms with Gasteiger partial charge in [-0.2, -0.15) is 0 Å². The standard InChI is InChI=1S/C12H13N5O2/c1-12(18,8-3-2-4-19-8)5-13-10-9-11(15-6-14-9)17-7-16-10/h2-4,6-7,18H,5H2,1H3,(H2,13,14,15,16,17). The number of aromatic nitrogens is 4. The van der Waals surface area contributed by atoms with Gasteiger partial charge in [-0.25, -0.2) is 15.0 Å². The van der Waals surface area contributed by atoms with Gasteiger partial charge < -0.3 is 19.8 Å². The predicted molar refractivity (Wildman–Crippen MR) is 68.5 cm³/mol. The Morgan fingerprint density at radius 1 is 1.42 bits per heavy atom. The minimum absolute atomic E-state index is 0.256. The molecule has 19 heavy (non-hydrogen) atoms. The zero-order chi connectivity index (χ0) is 13.3. The minimum atomic E-state index is -1.12. The first kappa shape index (κ1) is 11.7. The van der Waals surface area contributed by atoms with Crippen molar-refractivity contribution >= 4 is 17.0 Å². The third-order valence-corrected chi connectivity index (χ3v) is 2.88. The summed E-state index contributed by atoms with van der Waals surface area (Å²) in [6, 6.07) is 3.47. The van der Waals surface area contributed by atoms with Crippen molar-refractivity contribution in [3.05, 3.63) is 36.8 Å². The molecule has 3 aromatic heterocycles. The van der Waals surface area contributed by atoms with Crippen LogP contribution >= 0.6 is 0 Å². The van der Waals surface area contributed by atoms with E-state index >= 15 is 0 Å². The first-order valence-corrected chi connectivity index (χ1v) is 5.81. The normalized spacial score (nSPS) is 14.4. The van der Waals surface area contributed by atoms with Gasteiger partial charge in [-0.05, 0) is 19.1 Å². The summed E-state index contributed by atoms with van der Waals surface area (Å²) in [6.07, 6.45) is 4.50. The van der Waals surface area contributed by atoms with Crippen molar-refractivity contribution in [1.29, 1.82) is 0 Å². The number of anilines is 1. The average molecular weight is 259 g/mol. The van der Waals surface area contributed by atoms with Crippen LogP contribution < -0.4 is 5.32 Å². The average Bonchev–Trinajstić information content (AvgIpc) is 3.07. The topological polar surface area (TPSA) is 99.9 Å². The van der Waals surface area contributed by atoms with Gasteiger partial charge in [0.05, 0.1) is 19.1 Å². The lowest BCUT2D eigenvalue weighted by molar-refractivity contribution is 0.0476. The van der Waals surface area contributed by atoms with Crippen LogP contribution in [0.25, 0.3) is 11.2 Å². The van der Waals surface area contributed by atoms with E-state index in [1.165, 1.54) is 12.6 Å². The summed E-state index contributed by atoms with van der Waals surface area (Å²) in [4.78, 5) is 15.2. The molecule has 0 radical (unpaired) electrons. The number of H-pyrrole nitrogens is 1. The van der Waals surface area contributed by atoms with E-state index in [1.54, 1.807) is 25.4 Å². The zero-order valence-corrected chi connectivity index (χ0v) is 10.3. The predicted octanol–water partition coefficient (Wildman–Crippen LogP) is 1.27. The Morgan fingerprint density at radius 3 is 3.11 bits per heavy atom. The number of furan rings is 1. The maximum atomic E-state index is 10.3. The molecule has 3 aromatic rings. The van der Waals surface area contributed by atoms with Crippen LogP contribution in [0.5, 0.6) is 0 Å². The number of imidazole rings is 1. The van der Waals surface area contributed by atoms with E-state index in [4.69, 9.17) is 4.42 Å². The molecule has 7 heteroatoms. The molecule has 7 nitrogen and oxygen atoms in total. The van der Waals surface area contributed by atoms with Crippen molar-refractivity contribution in [3.8, 4) is 0 Å². The number of nitrogens with zero attached hydrogens (tertiary/aromatic N) is 3. The fourth-order valence-electron chi connectivity index (χ4n) is 1.83. The summed E-state index contributed by atoms with van der Waals surface area (Å²) < 4.78 is 5.22. The Bertz CT molecular complexity index is 674. The van der Waals surface area contributed by atoms with Crippen LogP contribution in [0.15, 0.2) is 35.5 Å². The highest BCUT2D eigenvalue weighted by Gasteiger charge is 2.26. The quantitative estimate of drug-likeness (QED) is 0.652. The molecule has 1 atom stereocenters. The molecule has 0 spiro atoms. The van der Waals surface area contributed by atoms with Crippen molar-refractivity contribution in [2.45, 2.75) is 12.5 Å². The maximum absolute atomic E-state index is 10.3. The summed E-state index contributed by atoms with van der Waals surface area (Å²) in [5.41, 5.74) is 0.161. The molecular formula is C12H13N5O2. The van der Waals surface area contributed by atoms with Crippen LogP contribution in [0, 0.1) is 0 Å². The van der Waals surface area contributed by atoms with Gasteiger partial charge >= 0.3 is 0 Å². The molecule has 98 valence electrons. The number of aliphatic hydroxyl groups is 1. The highest BCUT2D eigenvalue weighted by Crippen LogP contribution is 2.22. The lowest BCUT2D eigenvalue weighted by Gasteiger charge is -2.21. The van der Waals surface area contributed by atoms with E-state index in [1.807, 2.05) is 0 Å². The minimum Gasteiger partial charge on any atom is -0.466 e. The van der Waals surface area contributed by atoms with Crippen molar-refractivity contribution in [2.24, 2.45) is 0 Å². The first-order valence-electron chi connectivity index (χ1n) is 5.81. The number of fused-ring (bicyclic) bond motifs is 1. The summed E-state index contributed by atoms with van der Waals surface area (Å²) in [6.45, 7) is 1.93. The van der Waals surface area contributed by atoms with E-state index in [0.29, 0.717) is 22.7 Å². The van der Waals surface area contributed by atoms with Crippen LogP contribution in [0.1, 0.15) is 12.7 Å². The van der Waals surface area contributed by atoms with Gasteiger partial charge in [-0.15, -0.1) is 0 Å². The molecule has 3 rings (SSSR count). The van der Waals surface area contributed by atoms with Gasteiger partial charge in [0.25, 0.3) is 0 Å². The van der Waals surface area contributed by atoms with Gasteiger partial charge in [0.15, 0.2) is 11.5 Å². The fraction of sp³-hybridized carbons (Fsp3) is 0.250. The lowest BCUT2D eigenvalue weighted by Crippen LogP contribution is -2.30. The SMILES string of the molecule is CC(O)(CNc1ncnc2nc[nH]c12)c1ccco1. The second-order valence-corrected chi connectivity index (χ2v) is 4.43. The Kier molecular flexibility index (Phi) is 2.68. The molecule has 0 aromatic carbocycles. The van der Waals surface area contributed by atoms with Gasteiger partial charge in [0.1, 0.15) is 23.2 Å². The van der Waals surface area contributed by atoms with Gasteiger partial charge in [0, 0.05) is 0 Å². The zero-order valence-electron chi connectivity index (χ0n) is 10.3. The van der Waals surface area contributed by atoms with Crippen LogP contribution in [0.3, 0.4) is 0 Å². The highest BCUT2D eigenvalue weighted by molar-refractivity contribution is 5.81. The smallest absolute Gasteiger partial charge is 0.182 e. The lowest BCUT2D eigenvalue weighted by atomic mass is 10.0. The fourth-order valence-corrected chi connectivity index (χ4v) is 1.83. The van der Waals surface area contributed by atoms with E-state index in [-0.39, 0.29) is 6.54 Å². The van der Waals surface area contributed by atoms with Gasteiger partial charge in [0.2, 0.25) is 0 Å². The Balaban J connectivity index is 1.81. The van der Waals surface area contributed by atoms with Crippen molar-refractivity contribution < 1.29 is 9.52 Å². The molecule has 3 N–H and O–H groups in total. The maximum Gasteiger partial charge on any atom is 0.182 e. The monoisotopic (exact) mass is 259 g/mol. The van der Waals surface area contributed by atoms with Crippen molar-refractivity contribution in [3.63, 3.8) is 0 Å². The number of rotatable bonds is 4. The summed E-state index contributed by atoms with van der Waals surface area (Å²) in [5, 5.41) is 13.4. The second kappa shape index (κ2) is 4.36. The third kappa shape index (κ3) is 2.15.